The monoisotopic (exact) mass is 434 g/mol. The number of rotatable bonds is 15. The predicted octanol–water partition coefficient (Wildman–Crippen LogP) is 3.22. The summed E-state index contributed by atoms with van der Waals surface area (Å²) in [6.07, 6.45) is 1.82. The van der Waals surface area contributed by atoms with Crippen LogP contribution in [0.25, 0.3) is 0 Å². The summed E-state index contributed by atoms with van der Waals surface area (Å²) in [5.74, 6) is -0.360. The van der Waals surface area contributed by atoms with Crippen molar-refractivity contribution in [1.29, 1.82) is 0 Å². The van der Waals surface area contributed by atoms with Crippen LogP contribution in [0.5, 0.6) is 0 Å². The van der Waals surface area contributed by atoms with Crippen LogP contribution in [-0.2, 0) is 27.2 Å². The number of hydrogen-bond donors (Lipinski definition) is 0. The molecule has 0 bridgehead atoms. The van der Waals surface area contributed by atoms with E-state index in [2.05, 4.69) is 11.5 Å². The fourth-order valence-electron chi connectivity index (χ4n) is 3.48. The number of nitrogens with zero attached hydrogens (tertiary/aromatic N) is 1. The second kappa shape index (κ2) is 13.8. The van der Waals surface area contributed by atoms with Crippen LogP contribution < -0.4 is 0 Å². The Hall–Kier alpha value is -0.296. The van der Waals surface area contributed by atoms with Crippen molar-refractivity contribution in [1.82, 2.24) is 4.57 Å². The Bertz CT molecular complexity index is 431. The van der Waals surface area contributed by atoms with Crippen LogP contribution >= 0.6 is 0 Å². The van der Waals surface area contributed by atoms with E-state index in [1.165, 1.54) is 0 Å². The van der Waals surface area contributed by atoms with Crippen LogP contribution in [0.15, 0.2) is 0 Å². The Morgan fingerprint density at radius 2 is 1.64 bits per heavy atom. The molecule has 0 aromatic heterocycles. The second-order valence-corrected chi connectivity index (χ2v) is 12.4. The molecule has 1 aliphatic heterocycles. The van der Waals surface area contributed by atoms with Crippen molar-refractivity contribution in [3.05, 3.63) is 0 Å². The van der Waals surface area contributed by atoms with Gasteiger partial charge in [-0.1, -0.05) is 13.8 Å². The molecular formula is C19H40NO6Si2. The first-order chi connectivity index (χ1) is 13.4. The van der Waals surface area contributed by atoms with E-state index in [0.29, 0.717) is 39.6 Å². The van der Waals surface area contributed by atoms with Crippen LogP contribution in [-0.4, -0.2) is 74.7 Å². The molecule has 28 heavy (non-hydrogen) atoms. The van der Waals surface area contributed by atoms with Crippen LogP contribution in [0.3, 0.4) is 0 Å². The van der Waals surface area contributed by atoms with Crippen molar-refractivity contribution in [3.8, 4) is 0 Å². The predicted molar refractivity (Wildman–Crippen MR) is 113 cm³/mol. The normalized spacial score (nSPS) is 19.1. The maximum atomic E-state index is 12.5. The molecule has 0 saturated carbocycles. The van der Waals surface area contributed by atoms with E-state index in [9.17, 15) is 4.79 Å². The largest absolute Gasteiger partial charge is 0.465 e. The minimum atomic E-state index is -2.36. The zero-order valence-electron chi connectivity index (χ0n) is 18.6. The minimum absolute atomic E-state index is 0.156. The third-order valence-electron chi connectivity index (χ3n) is 4.81. The second-order valence-electron chi connectivity index (χ2n) is 7.07. The minimum Gasteiger partial charge on any atom is -0.465 e. The van der Waals surface area contributed by atoms with Gasteiger partial charge in [-0.2, -0.15) is 0 Å². The summed E-state index contributed by atoms with van der Waals surface area (Å²) in [6, 6.07) is 0.966. The highest BCUT2D eigenvalue weighted by Crippen LogP contribution is 2.29. The highest BCUT2D eigenvalue weighted by atomic mass is 28.4. The molecule has 1 rings (SSSR count). The molecule has 9 heteroatoms. The molecule has 1 fully saturated rings. The van der Waals surface area contributed by atoms with Crippen molar-refractivity contribution >= 4 is 24.0 Å². The highest BCUT2D eigenvalue weighted by Gasteiger charge is 2.49. The standard InChI is InChI=1S/C19H40NO6Si2/c1-7-23-27(24-8-2)18(6)12-14-22-19(21)17(5)16-20-13-11-15-28(20,25-9-3)26-10-4/h17-18H,7-16H2,1-6H3. The van der Waals surface area contributed by atoms with Crippen LogP contribution in [0, 0.1) is 5.92 Å². The van der Waals surface area contributed by atoms with Gasteiger partial charge in [-0.3, -0.25) is 9.36 Å². The van der Waals surface area contributed by atoms with Gasteiger partial charge in [0, 0.05) is 44.6 Å². The number of esters is 1. The molecule has 7 nitrogen and oxygen atoms in total. The molecule has 0 N–H and O–H groups in total. The number of carbonyl (C=O) groups is 1. The van der Waals surface area contributed by atoms with Gasteiger partial charge in [0.05, 0.1) is 12.5 Å². The molecule has 1 radical (unpaired) electrons. The Balaban J connectivity index is 2.47. The Morgan fingerprint density at radius 3 is 2.18 bits per heavy atom. The fraction of sp³-hybridized carbons (Fsp3) is 0.947. The van der Waals surface area contributed by atoms with Gasteiger partial charge in [-0.25, -0.2) is 0 Å². The van der Waals surface area contributed by atoms with E-state index in [1.807, 2.05) is 34.6 Å². The average molecular weight is 435 g/mol. The van der Waals surface area contributed by atoms with E-state index in [1.54, 1.807) is 0 Å². The lowest BCUT2D eigenvalue weighted by Gasteiger charge is -2.35. The molecule has 1 heterocycles. The van der Waals surface area contributed by atoms with Gasteiger partial charge in [-0.05, 0) is 47.1 Å². The van der Waals surface area contributed by atoms with E-state index in [0.717, 1.165) is 25.4 Å². The molecule has 0 aliphatic carbocycles. The van der Waals surface area contributed by atoms with Crippen LogP contribution in [0.1, 0.15) is 54.4 Å². The number of ether oxygens (including phenoxy) is 1. The lowest BCUT2D eigenvalue weighted by molar-refractivity contribution is -0.148. The maximum absolute atomic E-state index is 12.5. The van der Waals surface area contributed by atoms with Crippen LogP contribution in [0.2, 0.25) is 11.6 Å². The summed E-state index contributed by atoms with van der Waals surface area (Å²) in [7, 11) is -3.67. The van der Waals surface area contributed by atoms with E-state index in [4.69, 9.17) is 22.4 Å². The Kier molecular flexibility index (Phi) is 12.7. The van der Waals surface area contributed by atoms with Gasteiger partial charge >= 0.3 is 24.0 Å². The Morgan fingerprint density at radius 1 is 1.04 bits per heavy atom. The zero-order valence-corrected chi connectivity index (χ0v) is 20.6. The summed E-state index contributed by atoms with van der Waals surface area (Å²) in [4.78, 5) is 12.5. The molecule has 0 spiro atoms. The number of hydrogen-bond acceptors (Lipinski definition) is 7. The third kappa shape index (κ3) is 7.85. The van der Waals surface area contributed by atoms with Crippen molar-refractivity contribution in [2.45, 2.75) is 66.0 Å². The lowest BCUT2D eigenvalue weighted by atomic mass is 10.2. The molecule has 2 atom stereocenters. The average Bonchev–Trinajstić information content (AvgIpc) is 3.03. The van der Waals surface area contributed by atoms with Crippen molar-refractivity contribution < 1.29 is 27.2 Å². The van der Waals surface area contributed by atoms with Crippen molar-refractivity contribution in [3.63, 3.8) is 0 Å². The molecular weight excluding hydrogens is 394 g/mol. The SMILES string of the molecule is CCO[Si](OCC)C(C)CCOC(=O)C(C)CN1CCC[Si]1(OCC)OCC. The summed E-state index contributed by atoms with van der Waals surface area (Å²) in [5.41, 5.74) is 0.266. The molecule has 0 aromatic rings. The fourth-order valence-corrected chi connectivity index (χ4v) is 8.67. The first kappa shape index (κ1) is 25.7. The van der Waals surface area contributed by atoms with Gasteiger partial charge < -0.3 is 22.4 Å². The van der Waals surface area contributed by atoms with Gasteiger partial charge in [0.2, 0.25) is 0 Å². The maximum Gasteiger partial charge on any atom is 0.427 e. The van der Waals surface area contributed by atoms with E-state index >= 15 is 0 Å². The van der Waals surface area contributed by atoms with Gasteiger partial charge in [0.25, 0.3) is 0 Å². The van der Waals surface area contributed by atoms with Crippen molar-refractivity contribution in [2.75, 3.05) is 46.1 Å². The van der Waals surface area contributed by atoms with Gasteiger partial charge in [0.1, 0.15) is 0 Å². The van der Waals surface area contributed by atoms with Crippen LogP contribution in [0.4, 0.5) is 0 Å². The van der Waals surface area contributed by atoms with E-state index in [-0.39, 0.29) is 17.4 Å². The summed E-state index contributed by atoms with van der Waals surface area (Å²) in [6.45, 7) is 16.5. The topological polar surface area (TPSA) is 66.5 Å². The van der Waals surface area contributed by atoms with Gasteiger partial charge in [-0.15, -0.1) is 0 Å². The molecule has 1 saturated heterocycles. The highest BCUT2D eigenvalue weighted by molar-refractivity contribution is 6.65. The summed E-state index contributed by atoms with van der Waals surface area (Å²) >= 11 is 0. The summed E-state index contributed by atoms with van der Waals surface area (Å²) < 4.78 is 31.4. The molecule has 1 aliphatic rings. The number of carbonyl (C=O) groups excluding carboxylic acids is 1. The first-order valence-electron chi connectivity index (χ1n) is 10.8. The Labute approximate surface area is 174 Å². The first-order valence-corrected chi connectivity index (χ1v) is 14.1. The zero-order chi connectivity index (χ0) is 21.0. The van der Waals surface area contributed by atoms with E-state index < -0.39 is 18.0 Å². The molecule has 165 valence electrons. The third-order valence-corrected chi connectivity index (χ3v) is 10.9. The summed E-state index contributed by atoms with van der Waals surface area (Å²) in [5, 5.41) is 0. The van der Waals surface area contributed by atoms with Crippen molar-refractivity contribution in [2.24, 2.45) is 5.92 Å². The molecule has 0 amide bonds. The quantitative estimate of drug-likeness (QED) is 0.289. The lowest BCUT2D eigenvalue weighted by Crippen LogP contribution is -2.56. The smallest absolute Gasteiger partial charge is 0.427 e. The molecule has 2 unspecified atom stereocenters. The molecule has 0 aromatic carbocycles. The van der Waals surface area contributed by atoms with Gasteiger partial charge in [0.15, 0.2) is 0 Å².